The highest BCUT2D eigenvalue weighted by atomic mass is 16.4. The fraction of sp³-hybridized carbons (Fsp3) is 0.700. The Bertz CT molecular complexity index is 271. The van der Waals surface area contributed by atoms with Gasteiger partial charge >= 0.3 is 5.97 Å². The lowest BCUT2D eigenvalue weighted by atomic mass is 10.1. The van der Waals surface area contributed by atoms with E-state index in [-0.39, 0.29) is 24.3 Å². The zero-order valence-electron chi connectivity index (χ0n) is 8.73. The molecule has 0 bridgehead atoms. The molecule has 1 saturated heterocycles. The number of hydrogen-bond donors (Lipinski definition) is 1. The van der Waals surface area contributed by atoms with Crippen LogP contribution in [-0.4, -0.2) is 33.8 Å². The van der Waals surface area contributed by atoms with Crippen molar-refractivity contribution in [2.45, 2.75) is 45.1 Å². The molecular weight excluding hydrogens is 198 g/mol. The van der Waals surface area contributed by atoms with E-state index in [9.17, 15) is 14.4 Å². The largest absolute Gasteiger partial charge is 0.481 e. The third kappa shape index (κ3) is 3.04. The van der Waals surface area contributed by atoms with Crippen molar-refractivity contribution < 1.29 is 19.5 Å². The number of rotatable bonds is 5. The van der Waals surface area contributed by atoms with E-state index in [0.717, 1.165) is 0 Å². The average molecular weight is 213 g/mol. The van der Waals surface area contributed by atoms with Gasteiger partial charge in [-0.3, -0.25) is 19.3 Å². The van der Waals surface area contributed by atoms with Gasteiger partial charge in [-0.1, -0.05) is 0 Å². The highest BCUT2D eigenvalue weighted by Crippen LogP contribution is 2.18. The summed E-state index contributed by atoms with van der Waals surface area (Å²) in [7, 11) is 0. The van der Waals surface area contributed by atoms with Gasteiger partial charge in [0.05, 0.1) is 0 Å². The van der Waals surface area contributed by atoms with Crippen LogP contribution in [0.3, 0.4) is 0 Å². The van der Waals surface area contributed by atoms with E-state index in [1.807, 2.05) is 0 Å². The molecule has 2 amide bonds. The highest BCUT2D eigenvalue weighted by Gasteiger charge is 2.32. The molecule has 0 radical (unpaired) electrons. The molecule has 1 aliphatic rings. The smallest absolute Gasteiger partial charge is 0.303 e. The molecule has 0 aromatic rings. The van der Waals surface area contributed by atoms with Crippen LogP contribution in [0.25, 0.3) is 0 Å². The maximum atomic E-state index is 11.3. The van der Waals surface area contributed by atoms with E-state index < -0.39 is 5.97 Å². The molecule has 15 heavy (non-hydrogen) atoms. The minimum Gasteiger partial charge on any atom is -0.481 e. The van der Waals surface area contributed by atoms with Crippen LogP contribution in [0, 0.1) is 0 Å². The fourth-order valence-electron chi connectivity index (χ4n) is 1.76. The molecule has 0 spiro atoms. The molecule has 5 nitrogen and oxygen atoms in total. The number of amides is 2. The van der Waals surface area contributed by atoms with Crippen LogP contribution in [0.2, 0.25) is 0 Å². The third-order valence-corrected chi connectivity index (χ3v) is 2.54. The minimum absolute atomic E-state index is 0.0839. The first-order chi connectivity index (χ1) is 7.02. The van der Waals surface area contributed by atoms with Gasteiger partial charge in [-0.2, -0.15) is 0 Å². The first kappa shape index (κ1) is 11.7. The maximum absolute atomic E-state index is 11.3. The molecule has 1 unspecified atom stereocenters. The summed E-state index contributed by atoms with van der Waals surface area (Å²) in [5.74, 6) is -1.12. The van der Waals surface area contributed by atoms with Gasteiger partial charge in [0.2, 0.25) is 11.8 Å². The molecule has 0 aromatic heterocycles. The molecule has 5 heteroatoms. The summed E-state index contributed by atoms with van der Waals surface area (Å²) in [4.78, 5) is 34.2. The molecular formula is C10H15NO4. The van der Waals surface area contributed by atoms with Crippen molar-refractivity contribution >= 4 is 17.8 Å². The molecule has 0 saturated carbocycles. The van der Waals surface area contributed by atoms with Gasteiger partial charge in [0.25, 0.3) is 0 Å². The van der Waals surface area contributed by atoms with Gasteiger partial charge in [-0.05, 0) is 19.8 Å². The Morgan fingerprint density at radius 2 is 1.93 bits per heavy atom. The summed E-state index contributed by atoms with van der Waals surface area (Å²) in [5.41, 5.74) is 0. The van der Waals surface area contributed by atoms with Crippen LogP contribution in [0.5, 0.6) is 0 Å². The Kier molecular flexibility index (Phi) is 3.82. The van der Waals surface area contributed by atoms with Crippen molar-refractivity contribution in [2.24, 2.45) is 0 Å². The van der Waals surface area contributed by atoms with Crippen molar-refractivity contribution in [3.8, 4) is 0 Å². The van der Waals surface area contributed by atoms with Gasteiger partial charge < -0.3 is 5.11 Å². The Morgan fingerprint density at radius 3 is 2.40 bits per heavy atom. The lowest BCUT2D eigenvalue weighted by molar-refractivity contribution is -0.140. The van der Waals surface area contributed by atoms with Crippen LogP contribution in [0.1, 0.15) is 39.0 Å². The highest BCUT2D eigenvalue weighted by molar-refractivity contribution is 6.02. The van der Waals surface area contributed by atoms with Crippen molar-refractivity contribution in [3.05, 3.63) is 0 Å². The lowest BCUT2D eigenvalue weighted by Crippen LogP contribution is -2.37. The molecule has 1 heterocycles. The number of carbonyl (C=O) groups excluding carboxylic acids is 2. The second-order valence-electron chi connectivity index (χ2n) is 3.79. The van der Waals surface area contributed by atoms with Gasteiger partial charge in [-0.25, -0.2) is 0 Å². The summed E-state index contributed by atoms with van der Waals surface area (Å²) in [6.45, 7) is 1.78. The summed E-state index contributed by atoms with van der Waals surface area (Å²) in [5, 5.41) is 8.45. The Hall–Kier alpha value is -1.39. The standard InChI is InChI=1S/C10H15NO4/c1-7(3-2-4-10(14)15)11-8(12)5-6-9(11)13/h7H,2-6H2,1H3,(H,14,15). The molecule has 84 valence electrons. The summed E-state index contributed by atoms with van der Waals surface area (Å²) < 4.78 is 0. The molecule has 1 N–H and O–H groups in total. The predicted molar refractivity (Wildman–Crippen MR) is 52.0 cm³/mol. The van der Waals surface area contributed by atoms with E-state index >= 15 is 0 Å². The summed E-state index contributed by atoms with van der Waals surface area (Å²) in [6.07, 6.45) is 1.72. The van der Waals surface area contributed by atoms with Crippen LogP contribution in [0.4, 0.5) is 0 Å². The fourth-order valence-corrected chi connectivity index (χ4v) is 1.76. The molecule has 0 aromatic carbocycles. The van der Waals surface area contributed by atoms with Crippen molar-refractivity contribution in [1.82, 2.24) is 4.90 Å². The van der Waals surface area contributed by atoms with E-state index in [1.54, 1.807) is 6.92 Å². The predicted octanol–water partition coefficient (Wildman–Crippen LogP) is 0.779. The van der Waals surface area contributed by atoms with Crippen molar-refractivity contribution in [2.75, 3.05) is 0 Å². The van der Waals surface area contributed by atoms with Crippen LogP contribution < -0.4 is 0 Å². The number of carboxylic acids is 1. The normalized spacial score (nSPS) is 18.3. The summed E-state index contributed by atoms with van der Waals surface area (Å²) >= 11 is 0. The topological polar surface area (TPSA) is 74.7 Å². The quantitative estimate of drug-likeness (QED) is 0.685. The Labute approximate surface area is 88.1 Å². The molecule has 1 fully saturated rings. The van der Waals surface area contributed by atoms with Crippen molar-refractivity contribution in [3.63, 3.8) is 0 Å². The van der Waals surface area contributed by atoms with Gasteiger partial charge in [0, 0.05) is 25.3 Å². The maximum Gasteiger partial charge on any atom is 0.303 e. The SMILES string of the molecule is CC(CCCC(=O)O)N1C(=O)CCC1=O. The monoisotopic (exact) mass is 213 g/mol. The lowest BCUT2D eigenvalue weighted by Gasteiger charge is -2.21. The zero-order valence-corrected chi connectivity index (χ0v) is 8.73. The minimum atomic E-state index is -0.846. The number of aliphatic carboxylic acids is 1. The number of imide groups is 1. The number of likely N-dealkylation sites (tertiary alicyclic amines) is 1. The van der Waals surface area contributed by atoms with Crippen LogP contribution in [0.15, 0.2) is 0 Å². The van der Waals surface area contributed by atoms with Gasteiger partial charge in [-0.15, -0.1) is 0 Å². The van der Waals surface area contributed by atoms with E-state index in [4.69, 9.17) is 5.11 Å². The van der Waals surface area contributed by atoms with Gasteiger partial charge in [0.1, 0.15) is 0 Å². The number of hydrogen-bond acceptors (Lipinski definition) is 3. The van der Waals surface area contributed by atoms with Gasteiger partial charge in [0.15, 0.2) is 0 Å². The second kappa shape index (κ2) is 4.91. The first-order valence-electron chi connectivity index (χ1n) is 5.09. The van der Waals surface area contributed by atoms with Crippen molar-refractivity contribution in [1.29, 1.82) is 0 Å². The average Bonchev–Trinajstić information content (AvgIpc) is 2.45. The van der Waals surface area contributed by atoms with Crippen LogP contribution in [-0.2, 0) is 14.4 Å². The zero-order chi connectivity index (χ0) is 11.4. The Morgan fingerprint density at radius 1 is 1.40 bits per heavy atom. The van der Waals surface area contributed by atoms with E-state index in [0.29, 0.717) is 25.7 Å². The van der Waals surface area contributed by atoms with E-state index in [1.165, 1.54) is 4.90 Å². The number of carboxylic acid groups (broad SMARTS) is 1. The van der Waals surface area contributed by atoms with E-state index in [2.05, 4.69) is 0 Å². The molecule has 1 rings (SSSR count). The first-order valence-corrected chi connectivity index (χ1v) is 5.09. The number of nitrogens with zero attached hydrogens (tertiary/aromatic N) is 1. The molecule has 0 aliphatic carbocycles. The second-order valence-corrected chi connectivity index (χ2v) is 3.79. The molecule has 1 aliphatic heterocycles. The van der Waals surface area contributed by atoms with Crippen LogP contribution >= 0.6 is 0 Å². The Balaban J connectivity index is 2.39. The summed E-state index contributed by atoms with van der Waals surface area (Å²) in [6, 6.07) is -0.174. The third-order valence-electron chi connectivity index (χ3n) is 2.54. The molecule has 1 atom stereocenters. The number of carbonyl (C=O) groups is 3.